The maximum atomic E-state index is 12.6. The number of aromatic nitrogens is 2. The molecule has 2 aromatic heterocycles. The van der Waals surface area contributed by atoms with Gasteiger partial charge in [-0.2, -0.15) is 0 Å². The van der Waals surface area contributed by atoms with E-state index >= 15 is 0 Å². The first-order chi connectivity index (χ1) is 14.1. The molecule has 1 amide bonds. The number of aromatic amines is 1. The van der Waals surface area contributed by atoms with Crippen molar-refractivity contribution in [3.05, 3.63) is 105 Å². The Labute approximate surface area is 173 Å². The highest BCUT2D eigenvalue weighted by molar-refractivity contribution is 6.31. The van der Waals surface area contributed by atoms with Crippen LogP contribution in [0.1, 0.15) is 21.5 Å². The molecule has 146 valence electrons. The summed E-state index contributed by atoms with van der Waals surface area (Å²) in [5.74, 6) is -0.210. The van der Waals surface area contributed by atoms with Crippen LogP contribution in [-0.4, -0.2) is 22.0 Å². The zero-order valence-corrected chi connectivity index (χ0v) is 16.4. The van der Waals surface area contributed by atoms with Crippen molar-refractivity contribution < 1.29 is 4.79 Å². The van der Waals surface area contributed by atoms with Crippen molar-refractivity contribution in [2.45, 2.75) is 13.0 Å². The zero-order valence-electron chi connectivity index (χ0n) is 15.7. The molecule has 2 aromatic carbocycles. The summed E-state index contributed by atoms with van der Waals surface area (Å²) in [6.07, 6.45) is 4.27. The number of hydrogen-bond donors (Lipinski definition) is 2. The molecule has 0 aliphatic rings. The molecular weight excluding hydrogens is 386 g/mol. The van der Waals surface area contributed by atoms with Crippen molar-refractivity contribution in [1.29, 1.82) is 0 Å². The highest BCUT2D eigenvalue weighted by Crippen LogP contribution is 2.18. The van der Waals surface area contributed by atoms with Crippen LogP contribution >= 0.6 is 11.6 Å². The van der Waals surface area contributed by atoms with Gasteiger partial charge in [0.2, 0.25) is 0 Å². The summed E-state index contributed by atoms with van der Waals surface area (Å²) in [4.78, 5) is 28.0. The molecule has 0 unspecified atom stereocenters. The van der Waals surface area contributed by atoms with Gasteiger partial charge in [0.1, 0.15) is 0 Å². The summed E-state index contributed by atoms with van der Waals surface area (Å²) >= 11 is 6.19. The third kappa shape index (κ3) is 4.25. The summed E-state index contributed by atoms with van der Waals surface area (Å²) in [7, 11) is 0. The number of halogens is 1. The maximum absolute atomic E-state index is 12.6. The van der Waals surface area contributed by atoms with Crippen LogP contribution in [0.2, 0.25) is 5.02 Å². The first-order valence-electron chi connectivity index (χ1n) is 9.39. The number of pyridine rings is 1. The van der Waals surface area contributed by atoms with Gasteiger partial charge in [-0.15, -0.1) is 0 Å². The van der Waals surface area contributed by atoms with E-state index < -0.39 is 0 Å². The molecule has 4 rings (SSSR count). The van der Waals surface area contributed by atoms with Crippen molar-refractivity contribution in [1.82, 2.24) is 14.9 Å². The predicted octanol–water partition coefficient (Wildman–Crippen LogP) is 4.00. The van der Waals surface area contributed by atoms with E-state index in [1.165, 1.54) is 10.6 Å². The molecule has 6 heteroatoms. The van der Waals surface area contributed by atoms with Crippen LogP contribution in [0, 0.1) is 0 Å². The fourth-order valence-electron chi connectivity index (χ4n) is 3.35. The molecule has 0 saturated carbocycles. The van der Waals surface area contributed by atoms with Crippen LogP contribution in [0.25, 0.3) is 10.9 Å². The Hall–Kier alpha value is -3.31. The molecule has 0 radical (unpaired) electrons. The second-order valence-electron chi connectivity index (χ2n) is 6.84. The van der Waals surface area contributed by atoms with E-state index in [-0.39, 0.29) is 11.5 Å². The van der Waals surface area contributed by atoms with E-state index in [0.717, 1.165) is 28.5 Å². The van der Waals surface area contributed by atoms with Crippen LogP contribution in [0.5, 0.6) is 0 Å². The van der Waals surface area contributed by atoms with Gasteiger partial charge in [-0.05, 0) is 35.7 Å². The SMILES string of the molecule is O=C(NCCc1c[nH]c2ccccc12)c1ccc(=O)n(Cc2ccccc2Cl)c1. The van der Waals surface area contributed by atoms with Crippen molar-refractivity contribution >= 4 is 28.4 Å². The van der Waals surface area contributed by atoms with E-state index in [0.29, 0.717) is 23.7 Å². The molecule has 4 aromatic rings. The van der Waals surface area contributed by atoms with E-state index in [2.05, 4.69) is 16.4 Å². The van der Waals surface area contributed by atoms with Crippen molar-refractivity contribution in [2.75, 3.05) is 6.54 Å². The van der Waals surface area contributed by atoms with Crippen molar-refractivity contribution in [2.24, 2.45) is 0 Å². The third-order valence-corrected chi connectivity index (χ3v) is 5.27. The number of carbonyl (C=O) groups is 1. The van der Waals surface area contributed by atoms with E-state index in [9.17, 15) is 9.59 Å². The molecule has 0 fully saturated rings. The van der Waals surface area contributed by atoms with Crippen LogP contribution in [0.15, 0.2) is 77.9 Å². The lowest BCUT2D eigenvalue weighted by atomic mass is 10.1. The Bertz CT molecular complexity index is 1230. The zero-order chi connectivity index (χ0) is 20.2. The second-order valence-corrected chi connectivity index (χ2v) is 7.25. The Kier molecular flexibility index (Phi) is 5.49. The van der Waals surface area contributed by atoms with Gasteiger partial charge in [-0.25, -0.2) is 0 Å². The monoisotopic (exact) mass is 405 g/mol. The molecule has 0 aliphatic carbocycles. The summed E-state index contributed by atoms with van der Waals surface area (Å²) in [5, 5.41) is 4.68. The highest BCUT2D eigenvalue weighted by atomic mass is 35.5. The molecule has 5 nitrogen and oxygen atoms in total. The number of rotatable bonds is 6. The molecule has 2 N–H and O–H groups in total. The van der Waals surface area contributed by atoms with Crippen LogP contribution < -0.4 is 10.9 Å². The number of nitrogens with one attached hydrogen (secondary N) is 2. The topological polar surface area (TPSA) is 66.9 Å². The Balaban J connectivity index is 1.43. The maximum Gasteiger partial charge on any atom is 0.252 e. The molecule has 0 aliphatic heterocycles. The van der Waals surface area contributed by atoms with Crippen molar-refractivity contribution in [3.63, 3.8) is 0 Å². The third-order valence-electron chi connectivity index (χ3n) is 4.90. The minimum atomic E-state index is -0.210. The molecule has 0 saturated heterocycles. The minimum absolute atomic E-state index is 0.180. The number of nitrogens with zero attached hydrogens (tertiary/aromatic N) is 1. The van der Waals surface area contributed by atoms with Gasteiger partial charge < -0.3 is 14.9 Å². The number of hydrogen-bond acceptors (Lipinski definition) is 2. The quantitative estimate of drug-likeness (QED) is 0.509. The van der Waals surface area contributed by atoms with Crippen LogP contribution in [0.3, 0.4) is 0 Å². The van der Waals surface area contributed by atoms with E-state index in [1.807, 2.05) is 42.6 Å². The Morgan fingerprint density at radius 1 is 1.00 bits per heavy atom. The van der Waals surface area contributed by atoms with Gasteiger partial charge in [0.15, 0.2) is 0 Å². The smallest absolute Gasteiger partial charge is 0.252 e. The van der Waals surface area contributed by atoms with Crippen LogP contribution in [-0.2, 0) is 13.0 Å². The number of benzene rings is 2. The van der Waals surface area contributed by atoms with Gasteiger partial charge >= 0.3 is 0 Å². The number of para-hydroxylation sites is 1. The lowest BCUT2D eigenvalue weighted by Crippen LogP contribution is -2.28. The average Bonchev–Trinajstić information content (AvgIpc) is 3.14. The van der Waals surface area contributed by atoms with Crippen LogP contribution in [0.4, 0.5) is 0 Å². The van der Waals surface area contributed by atoms with E-state index in [4.69, 9.17) is 11.6 Å². The molecule has 29 heavy (non-hydrogen) atoms. The second kappa shape index (κ2) is 8.37. The lowest BCUT2D eigenvalue weighted by molar-refractivity contribution is 0.0953. The normalized spacial score (nSPS) is 10.9. The van der Waals surface area contributed by atoms with Gasteiger partial charge in [-0.1, -0.05) is 48.0 Å². The molecule has 0 atom stereocenters. The first-order valence-corrected chi connectivity index (χ1v) is 9.77. The summed E-state index contributed by atoms with van der Waals surface area (Å²) in [6, 6.07) is 18.4. The first kappa shape index (κ1) is 19.0. The molecule has 0 bridgehead atoms. The molecule has 0 spiro atoms. The fraction of sp³-hybridized carbons (Fsp3) is 0.130. The summed E-state index contributed by atoms with van der Waals surface area (Å²) in [6.45, 7) is 0.819. The van der Waals surface area contributed by atoms with Gasteiger partial charge in [-0.3, -0.25) is 9.59 Å². The average molecular weight is 406 g/mol. The number of fused-ring (bicyclic) bond motifs is 1. The molecular formula is C23H20ClN3O2. The lowest BCUT2D eigenvalue weighted by Gasteiger charge is -2.10. The van der Waals surface area contributed by atoms with Gasteiger partial charge in [0.25, 0.3) is 11.5 Å². The Morgan fingerprint density at radius 2 is 1.79 bits per heavy atom. The minimum Gasteiger partial charge on any atom is -0.361 e. The largest absolute Gasteiger partial charge is 0.361 e. The summed E-state index contributed by atoms with van der Waals surface area (Å²) < 4.78 is 1.50. The number of H-pyrrole nitrogens is 1. The van der Waals surface area contributed by atoms with Crippen molar-refractivity contribution in [3.8, 4) is 0 Å². The fourth-order valence-corrected chi connectivity index (χ4v) is 3.55. The number of carbonyl (C=O) groups excluding carboxylic acids is 1. The summed E-state index contributed by atoms with van der Waals surface area (Å²) in [5.41, 5.74) is 3.33. The van der Waals surface area contributed by atoms with Gasteiger partial charge in [0, 0.05) is 40.9 Å². The highest BCUT2D eigenvalue weighted by Gasteiger charge is 2.10. The standard InChI is InChI=1S/C23H20ClN3O2/c24-20-7-3-1-5-17(20)14-27-15-18(9-10-22(27)28)23(29)25-12-11-16-13-26-21-8-4-2-6-19(16)21/h1-10,13,15,26H,11-12,14H2,(H,25,29). The molecule has 2 heterocycles. The van der Waals surface area contributed by atoms with E-state index in [1.54, 1.807) is 18.3 Å². The number of amides is 1. The Morgan fingerprint density at radius 3 is 2.66 bits per heavy atom. The van der Waals surface area contributed by atoms with Gasteiger partial charge in [0.05, 0.1) is 12.1 Å². The predicted molar refractivity (Wildman–Crippen MR) is 116 cm³/mol.